The van der Waals surface area contributed by atoms with Crippen LogP contribution in [0.2, 0.25) is 0 Å². The maximum Gasteiger partial charge on any atom is 0.334 e. The van der Waals surface area contributed by atoms with Crippen LogP contribution in [-0.4, -0.2) is 59.8 Å². The second kappa shape index (κ2) is 31.5. The number of carbonyl (C=O) groups is 5. The summed E-state index contributed by atoms with van der Waals surface area (Å²) in [5.41, 5.74) is 7.63. The lowest BCUT2D eigenvalue weighted by atomic mass is 9.93. The fourth-order valence-corrected chi connectivity index (χ4v) is 3.37. The molecule has 11 nitrogen and oxygen atoms in total. The number of ether oxygens (including phenoxy) is 3. The molecule has 0 heterocycles. The van der Waals surface area contributed by atoms with E-state index in [0.717, 1.165) is 18.4 Å². The highest BCUT2D eigenvalue weighted by atomic mass is 16.5. The monoisotopic (exact) mass is 701 g/mol. The van der Waals surface area contributed by atoms with Crippen molar-refractivity contribution in [2.75, 3.05) is 19.8 Å². The van der Waals surface area contributed by atoms with Crippen LogP contribution >= 0.6 is 0 Å². The van der Waals surface area contributed by atoms with E-state index in [-0.39, 0.29) is 24.7 Å². The van der Waals surface area contributed by atoms with Crippen molar-refractivity contribution in [1.29, 1.82) is 0 Å². The number of carboxylic acids is 2. The van der Waals surface area contributed by atoms with Gasteiger partial charge in [0.2, 0.25) is 0 Å². The van der Waals surface area contributed by atoms with Crippen LogP contribution in [0.15, 0.2) is 91.1 Å². The number of rotatable bonds is 20. The number of unbranched alkanes of at least 4 members (excludes halogenated alkanes) is 1. The second-order valence-electron chi connectivity index (χ2n) is 11.2. The van der Waals surface area contributed by atoms with Gasteiger partial charge in [-0.15, -0.1) is 0 Å². The van der Waals surface area contributed by atoms with Crippen LogP contribution in [0.1, 0.15) is 91.5 Å². The fourth-order valence-electron chi connectivity index (χ4n) is 3.37. The van der Waals surface area contributed by atoms with Crippen molar-refractivity contribution in [2.45, 2.75) is 92.6 Å². The average molecular weight is 702 g/mol. The smallest absolute Gasteiger partial charge is 0.334 e. The molecule has 11 heteroatoms. The molecule has 0 spiro atoms. The average Bonchev–Trinajstić information content (AvgIpc) is 3.09. The molecular weight excluding hydrogens is 642 g/mol. The molecule has 4 N–H and O–H groups in total. The standard InChI is InChI=1S/C12H22O2.C11H12O2.C10H14O4.C6H11NO2/c1-4-6-7-11(5-2)9-8-10(3)12(13)14;1-9(2)11(12)13-8-10-6-4-3-5-7-10;1-7(2)10(13)14-6-4-5-8(3)9(11)12;1-3-9-6(8)5(2)4-7/h11H,3-9H2,1-2H3,(H,13,14);3-7H,1,8H2,2H3;1,3-6H2,2H3,(H,11,12);2-4,7H2,1H3. The van der Waals surface area contributed by atoms with Crippen LogP contribution in [0, 0.1) is 5.92 Å². The zero-order chi connectivity index (χ0) is 39.1. The Hall–Kier alpha value is -4.77. The van der Waals surface area contributed by atoms with Crippen LogP contribution in [0.25, 0.3) is 0 Å². The molecule has 1 aromatic carbocycles. The summed E-state index contributed by atoms with van der Waals surface area (Å²) in [6.07, 6.45) is 7.23. The van der Waals surface area contributed by atoms with Crippen LogP contribution in [0.4, 0.5) is 0 Å². The Balaban J connectivity index is -0.000000596. The molecule has 0 saturated carbocycles. The zero-order valence-corrected chi connectivity index (χ0v) is 30.7. The molecule has 0 radical (unpaired) electrons. The molecule has 0 amide bonds. The fraction of sp³-hybridized carbons (Fsp3) is 0.462. The van der Waals surface area contributed by atoms with E-state index in [1.807, 2.05) is 30.3 Å². The molecule has 1 atom stereocenters. The highest BCUT2D eigenvalue weighted by Crippen LogP contribution is 2.20. The predicted octanol–water partition coefficient (Wildman–Crippen LogP) is 7.52. The van der Waals surface area contributed by atoms with Gasteiger partial charge in [0.05, 0.1) is 13.2 Å². The first-order chi connectivity index (χ1) is 23.5. The van der Waals surface area contributed by atoms with Gasteiger partial charge >= 0.3 is 29.8 Å². The molecule has 0 aliphatic carbocycles. The number of esters is 3. The quantitative estimate of drug-likeness (QED) is 0.0530. The van der Waals surface area contributed by atoms with Gasteiger partial charge in [-0.1, -0.05) is 103 Å². The highest BCUT2D eigenvalue weighted by molar-refractivity contribution is 5.88. The van der Waals surface area contributed by atoms with Crippen LogP contribution < -0.4 is 5.73 Å². The van der Waals surface area contributed by atoms with Crippen molar-refractivity contribution in [2.24, 2.45) is 11.7 Å². The van der Waals surface area contributed by atoms with E-state index >= 15 is 0 Å². The van der Waals surface area contributed by atoms with Gasteiger partial charge in [0.1, 0.15) is 6.61 Å². The zero-order valence-electron chi connectivity index (χ0n) is 30.7. The topological polar surface area (TPSA) is 180 Å². The van der Waals surface area contributed by atoms with Gasteiger partial charge in [0.15, 0.2) is 0 Å². The molecule has 280 valence electrons. The molecule has 0 aliphatic rings. The predicted molar refractivity (Wildman–Crippen MR) is 197 cm³/mol. The summed E-state index contributed by atoms with van der Waals surface area (Å²) in [5.74, 6) is -2.40. The molecule has 0 bridgehead atoms. The lowest BCUT2D eigenvalue weighted by molar-refractivity contribution is -0.140. The Bertz CT molecular complexity index is 1220. The Morgan fingerprint density at radius 1 is 0.700 bits per heavy atom. The Morgan fingerprint density at radius 3 is 1.66 bits per heavy atom. The summed E-state index contributed by atoms with van der Waals surface area (Å²) in [6, 6.07) is 9.55. The summed E-state index contributed by atoms with van der Waals surface area (Å²) < 4.78 is 14.3. The normalized spacial score (nSPS) is 10.0. The van der Waals surface area contributed by atoms with E-state index in [4.69, 9.17) is 25.4 Å². The summed E-state index contributed by atoms with van der Waals surface area (Å²) in [7, 11) is 0. The van der Waals surface area contributed by atoms with E-state index < -0.39 is 23.9 Å². The SMILES string of the molecule is C=C(C)C(=O)OCCCC(=C)C(=O)O.C=C(C)C(=O)OCc1ccccc1.C=C(CCC(CC)CCCC)C(=O)O.C=C(CN)C(=O)OCC. The third-order valence-electron chi connectivity index (χ3n) is 6.58. The largest absolute Gasteiger partial charge is 0.478 e. The lowest BCUT2D eigenvalue weighted by Crippen LogP contribution is -2.14. The first-order valence-electron chi connectivity index (χ1n) is 16.5. The van der Waals surface area contributed by atoms with Gasteiger partial charge in [-0.3, -0.25) is 0 Å². The third kappa shape index (κ3) is 29.4. The van der Waals surface area contributed by atoms with Crippen molar-refractivity contribution in [3.05, 3.63) is 96.7 Å². The number of carbonyl (C=O) groups excluding carboxylic acids is 3. The van der Waals surface area contributed by atoms with Crippen LogP contribution in [-0.2, 0) is 44.8 Å². The number of hydrogen-bond donors (Lipinski definition) is 3. The minimum absolute atomic E-state index is 0.122. The first kappa shape index (κ1) is 49.6. The van der Waals surface area contributed by atoms with E-state index in [1.165, 1.54) is 19.3 Å². The molecule has 1 unspecified atom stereocenters. The van der Waals surface area contributed by atoms with E-state index in [9.17, 15) is 24.0 Å². The molecule has 0 fully saturated rings. The summed E-state index contributed by atoms with van der Waals surface area (Å²) >= 11 is 0. The maximum absolute atomic E-state index is 11.0. The molecule has 0 aromatic heterocycles. The van der Waals surface area contributed by atoms with Gasteiger partial charge in [0.25, 0.3) is 0 Å². The minimum atomic E-state index is -1.02. The number of nitrogens with two attached hydrogens (primary N) is 1. The molecule has 1 aromatic rings. The minimum Gasteiger partial charge on any atom is -0.478 e. The summed E-state index contributed by atoms with van der Waals surface area (Å²) in [4.78, 5) is 53.3. The van der Waals surface area contributed by atoms with E-state index in [2.05, 4.69) is 51.5 Å². The maximum atomic E-state index is 11.0. The highest BCUT2D eigenvalue weighted by Gasteiger charge is 2.10. The molecule has 1 rings (SSSR count). The number of aliphatic carboxylic acids is 2. The molecule has 50 heavy (non-hydrogen) atoms. The van der Waals surface area contributed by atoms with Gasteiger partial charge in [-0.25, -0.2) is 24.0 Å². The number of hydrogen-bond acceptors (Lipinski definition) is 9. The van der Waals surface area contributed by atoms with E-state index in [1.54, 1.807) is 20.8 Å². The van der Waals surface area contributed by atoms with Gasteiger partial charge in [-0.05, 0) is 57.9 Å². The third-order valence-corrected chi connectivity index (χ3v) is 6.58. The van der Waals surface area contributed by atoms with Crippen molar-refractivity contribution < 1.29 is 48.4 Å². The van der Waals surface area contributed by atoms with Gasteiger partial charge in [0, 0.05) is 34.4 Å². The number of carboxylic acid groups (broad SMARTS) is 2. The second-order valence-corrected chi connectivity index (χ2v) is 11.2. The summed E-state index contributed by atoms with van der Waals surface area (Å²) in [6.45, 7) is 27.5. The first-order valence-corrected chi connectivity index (χ1v) is 16.5. The molecule has 0 saturated heterocycles. The van der Waals surface area contributed by atoms with Gasteiger partial charge in [-0.2, -0.15) is 0 Å². The number of benzene rings is 1. The van der Waals surface area contributed by atoms with Crippen LogP contribution in [0.5, 0.6) is 0 Å². The van der Waals surface area contributed by atoms with Crippen molar-refractivity contribution >= 4 is 29.8 Å². The van der Waals surface area contributed by atoms with Crippen molar-refractivity contribution in [3.63, 3.8) is 0 Å². The van der Waals surface area contributed by atoms with Crippen molar-refractivity contribution in [1.82, 2.24) is 0 Å². The molecular formula is C39H59NO10. The Kier molecular flexibility index (Phi) is 31.3. The lowest BCUT2D eigenvalue weighted by Gasteiger charge is -2.13. The van der Waals surface area contributed by atoms with Crippen LogP contribution in [0.3, 0.4) is 0 Å². The Morgan fingerprint density at radius 2 is 1.22 bits per heavy atom. The summed E-state index contributed by atoms with van der Waals surface area (Å²) in [5, 5.41) is 17.1. The van der Waals surface area contributed by atoms with E-state index in [0.29, 0.717) is 60.7 Å². The Labute approximate surface area is 298 Å². The molecule has 0 aliphatic heterocycles. The van der Waals surface area contributed by atoms with Crippen molar-refractivity contribution in [3.8, 4) is 0 Å². The van der Waals surface area contributed by atoms with Gasteiger partial charge < -0.3 is 30.2 Å².